The lowest BCUT2D eigenvalue weighted by Gasteiger charge is -2.33. The van der Waals surface area contributed by atoms with Crippen molar-refractivity contribution >= 4 is 16.1 Å². The molecule has 188 valence electrons. The van der Waals surface area contributed by atoms with Gasteiger partial charge >= 0.3 is 6.09 Å². The predicted molar refractivity (Wildman–Crippen MR) is 123 cm³/mol. The van der Waals surface area contributed by atoms with Crippen LogP contribution in [0.2, 0.25) is 0 Å². The van der Waals surface area contributed by atoms with E-state index in [-0.39, 0.29) is 23.4 Å². The molecule has 0 radical (unpaired) electrons. The lowest BCUT2D eigenvalue weighted by atomic mass is 9.90. The molecule has 1 saturated carbocycles. The standard InChI is InChI=1S/C24H32F2N2O5S/c1-3-14-34(30,31)28-12-4-17(5-13-28)18-15-20(25)22(21(26)16-18)32-19-6-10-27(11-7-19)23(29)33-24(2)8-9-24/h3,15-17,19H,1,4-14H2,2H3. The van der Waals surface area contributed by atoms with E-state index in [1.165, 1.54) is 22.5 Å². The van der Waals surface area contributed by atoms with E-state index in [2.05, 4.69) is 6.58 Å². The Balaban J connectivity index is 1.32. The van der Waals surface area contributed by atoms with Crippen LogP contribution in [-0.2, 0) is 14.8 Å². The van der Waals surface area contributed by atoms with Crippen LogP contribution in [0.4, 0.5) is 13.6 Å². The number of sulfonamides is 1. The highest BCUT2D eigenvalue weighted by Crippen LogP contribution is 2.39. The van der Waals surface area contributed by atoms with Crippen LogP contribution in [0.1, 0.15) is 56.9 Å². The summed E-state index contributed by atoms with van der Waals surface area (Å²) in [5.74, 6) is -2.18. The second-order valence-electron chi connectivity index (χ2n) is 9.68. The minimum absolute atomic E-state index is 0.119. The van der Waals surface area contributed by atoms with Crippen molar-refractivity contribution in [1.29, 1.82) is 0 Å². The van der Waals surface area contributed by atoms with E-state index in [0.29, 0.717) is 57.4 Å². The Bertz CT molecular complexity index is 1000. The van der Waals surface area contributed by atoms with E-state index in [0.717, 1.165) is 12.8 Å². The number of rotatable bonds is 7. The van der Waals surface area contributed by atoms with Gasteiger partial charge in [-0.15, -0.1) is 6.58 Å². The van der Waals surface area contributed by atoms with Gasteiger partial charge in [-0.2, -0.15) is 0 Å². The average molecular weight is 499 g/mol. The maximum Gasteiger partial charge on any atom is 0.410 e. The molecule has 1 aromatic rings. The fourth-order valence-corrected chi connectivity index (χ4v) is 5.80. The number of likely N-dealkylation sites (tertiary alicyclic amines) is 1. The van der Waals surface area contributed by atoms with Gasteiger partial charge in [0.15, 0.2) is 17.4 Å². The van der Waals surface area contributed by atoms with Gasteiger partial charge in [-0.05, 0) is 56.2 Å². The second kappa shape index (κ2) is 9.81. The van der Waals surface area contributed by atoms with E-state index >= 15 is 0 Å². The summed E-state index contributed by atoms with van der Waals surface area (Å²) in [6.07, 6.45) is 4.27. The third-order valence-electron chi connectivity index (χ3n) is 6.94. The number of hydrogen-bond acceptors (Lipinski definition) is 5. The molecule has 0 bridgehead atoms. The molecule has 2 aliphatic heterocycles. The van der Waals surface area contributed by atoms with Crippen LogP contribution in [0.5, 0.6) is 5.75 Å². The molecule has 4 rings (SSSR count). The van der Waals surface area contributed by atoms with Gasteiger partial charge in [0, 0.05) is 39.0 Å². The third kappa shape index (κ3) is 5.71. The number of hydrogen-bond donors (Lipinski definition) is 0. The second-order valence-corrected chi connectivity index (χ2v) is 11.7. The molecule has 0 N–H and O–H groups in total. The maximum absolute atomic E-state index is 14.8. The summed E-state index contributed by atoms with van der Waals surface area (Å²) in [5.41, 5.74) is 0.170. The zero-order valence-electron chi connectivity index (χ0n) is 19.5. The average Bonchev–Trinajstić information content (AvgIpc) is 3.53. The van der Waals surface area contributed by atoms with Crippen molar-refractivity contribution in [2.45, 2.75) is 63.1 Å². The van der Waals surface area contributed by atoms with Gasteiger partial charge in [0.05, 0.1) is 5.75 Å². The van der Waals surface area contributed by atoms with E-state index in [1.807, 2.05) is 6.92 Å². The molecule has 0 unspecified atom stereocenters. The van der Waals surface area contributed by atoms with Crippen LogP contribution in [-0.4, -0.2) is 67.4 Å². The van der Waals surface area contributed by atoms with E-state index in [4.69, 9.17) is 9.47 Å². The Morgan fingerprint density at radius 3 is 2.24 bits per heavy atom. The molecule has 0 atom stereocenters. The third-order valence-corrected chi connectivity index (χ3v) is 8.75. The zero-order valence-corrected chi connectivity index (χ0v) is 20.3. The number of halogens is 2. The summed E-state index contributed by atoms with van der Waals surface area (Å²) in [4.78, 5) is 13.8. The number of carbonyl (C=O) groups is 1. The zero-order chi connectivity index (χ0) is 24.5. The van der Waals surface area contributed by atoms with Gasteiger partial charge in [0.1, 0.15) is 11.7 Å². The van der Waals surface area contributed by atoms with Gasteiger partial charge in [-0.1, -0.05) is 6.08 Å². The SMILES string of the molecule is C=CCS(=O)(=O)N1CCC(c2cc(F)c(OC3CCN(C(=O)OC4(C)CC4)CC3)c(F)c2)CC1. The summed E-state index contributed by atoms with van der Waals surface area (Å²) in [5, 5.41) is 0. The number of carbonyl (C=O) groups excluding carboxylic acids is 1. The first kappa shape index (κ1) is 24.9. The van der Waals surface area contributed by atoms with Crippen molar-refractivity contribution in [3.8, 4) is 5.75 Å². The number of piperidine rings is 2. The lowest BCUT2D eigenvalue weighted by molar-refractivity contribution is 0.0374. The Kier molecular flexibility index (Phi) is 7.19. The summed E-state index contributed by atoms with van der Waals surface area (Å²) in [7, 11) is -3.38. The van der Waals surface area contributed by atoms with Crippen LogP contribution >= 0.6 is 0 Å². The first-order valence-corrected chi connectivity index (χ1v) is 13.4. The van der Waals surface area contributed by atoms with Crippen LogP contribution in [0, 0.1) is 11.6 Å². The first-order valence-electron chi connectivity index (χ1n) is 11.8. The van der Waals surface area contributed by atoms with Crippen molar-refractivity contribution in [2.24, 2.45) is 0 Å². The van der Waals surface area contributed by atoms with E-state index in [9.17, 15) is 22.0 Å². The van der Waals surface area contributed by atoms with Crippen LogP contribution in [0.15, 0.2) is 24.8 Å². The predicted octanol–water partition coefficient (Wildman–Crippen LogP) is 4.19. The number of amides is 1. The smallest absolute Gasteiger partial charge is 0.410 e. The molecular formula is C24H32F2N2O5S. The van der Waals surface area contributed by atoms with Crippen molar-refractivity contribution in [1.82, 2.24) is 9.21 Å². The van der Waals surface area contributed by atoms with Gasteiger partial charge in [-0.3, -0.25) is 0 Å². The van der Waals surface area contributed by atoms with Crippen molar-refractivity contribution in [3.05, 3.63) is 42.0 Å². The maximum atomic E-state index is 14.8. The number of ether oxygens (including phenoxy) is 2. The molecule has 3 fully saturated rings. The van der Waals surface area contributed by atoms with Gasteiger partial charge in [-0.25, -0.2) is 26.3 Å². The van der Waals surface area contributed by atoms with E-state index < -0.39 is 33.5 Å². The molecule has 1 amide bonds. The molecule has 10 heteroatoms. The van der Waals surface area contributed by atoms with Gasteiger partial charge in [0.25, 0.3) is 0 Å². The topological polar surface area (TPSA) is 76.2 Å². The molecule has 1 aromatic carbocycles. The molecule has 2 saturated heterocycles. The largest absolute Gasteiger partial charge is 0.484 e. The highest BCUT2D eigenvalue weighted by molar-refractivity contribution is 7.89. The molecule has 3 aliphatic rings. The number of nitrogens with zero attached hydrogens (tertiary/aromatic N) is 2. The Hall–Kier alpha value is -2.20. The van der Waals surface area contributed by atoms with Crippen LogP contribution in [0.25, 0.3) is 0 Å². The monoisotopic (exact) mass is 498 g/mol. The first-order chi connectivity index (χ1) is 16.1. The molecular weight excluding hydrogens is 466 g/mol. The van der Waals surface area contributed by atoms with Crippen molar-refractivity contribution in [2.75, 3.05) is 31.9 Å². The van der Waals surface area contributed by atoms with Crippen molar-refractivity contribution < 1.29 is 31.5 Å². The summed E-state index contributed by atoms with van der Waals surface area (Å²) >= 11 is 0. The molecule has 0 spiro atoms. The van der Waals surface area contributed by atoms with Gasteiger partial charge in [0.2, 0.25) is 10.0 Å². The molecule has 34 heavy (non-hydrogen) atoms. The highest BCUT2D eigenvalue weighted by Gasteiger charge is 2.43. The van der Waals surface area contributed by atoms with Crippen LogP contribution in [0.3, 0.4) is 0 Å². The fourth-order valence-electron chi connectivity index (χ4n) is 4.53. The highest BCUT2D eigenvalue weighted by atomic mass is 32.2. The Morgan fingerprint density at radius 2 is 1.71 bits per heavy atom. The summed E-state index contributed by atoms with van der Waals surface area (Å²) in [6, 6.07) is 2.58. The van der Waals surface area contributed by atoms with Gasteiger partial charge < -0.3 is 14.4 Å². The van der Waals surface area contributed by atoms with Crippen LogP contribution < -0.4 is 4.74 Å². The molecule has 1 aliphatic carbocycles. The quantitative estimate of drug-likeness (QED) is 0.527. The molecule has 7 nitrogen and oxygen atoms in total. The number of benzene rings is 1. The molecule has 2 heterocycles. The minimum Gasteiger partial charge on any atom is -0.484 e. The summed E-state index contributed by atoms with van der Waals surface area (Å²) in [6.45, 7) is 6.82. The van der Waals surface area contributed by atoms with Crippen molar-refractivity contribution in [3.63, 3.8) is 0 Å². The minimum atomic E-state index is -3.38. The normalized spacial score (nSPS) is 21.8. The Labute approximate surface area is 199 Å². The summed E-state index contributed by atoms with van der Waals surface area (Å²) < 4.78 is 66.5. The molecule has 0 aromatic heterocycles. The Morgan fingerprint density at radius 1 is 1.12 bits per heavy atom. The lowest BCUT2D eigenvalue weighted by Crippen LogP contribution is -2.43. The van der Waals surface area contributed by atoms with E-state index in [1.54, 1.807) is 4.90 Å². The fraction of sp³-hybridized carbons (Fsp3) is 0.625.